The molecule has 1 aliphatic rings. The molecule has 1 heteroatoms. The fraction of sp³-hybridized carbons (Fsp3) is 1.00. The van der Waals surface area contributed by atoms with Gasteiger partial charge in [-0.05, 0) is 46.0 Å². The van der Waals surface area contributed by atoms with Gasteiger partial charge in [0, 0.05) is 11.6 Å². The molecule has 0 aliphatic carbocycles. The molecule has 0 aromatic heterocycles. The minimum Gasteiger partial charge on any atom is -0.309 e. The Hall–Kier alpha value is -0.0400. The van der Waals surface area contributed by atoms with Gasteiger partial charge >= 0.3 is 0 Å². The van der Waals surface area contributed by atoms with Crippen LogP contribution >= 0.6 is 0 Å². The maximum atomic E-state index is 3.65. The molecule has 1 heterocycles. The summed E-state index contributed by atoms with van der Waals surface area (Å²) >= 11 is 0. The third-order valence-corrected chi connectivity index (χ3v) is 2.66. The van der Waals surface area contributed by atoms with Gasteiger partial charge in [-0.15, -0.1) is 0 Å². The van der Waals surface area contributed by atoms with Crippen molar-refractivity contribution >= 4 is 0 Å². The van der Waals surface area contributed by atoms with Gasteiger partial charge in [-0.25, -0.2) is 0 Å². The van der Waals surface area contributed by atoms with Gasteiger partial charge in [0.05, 0.1) is 0 Å². The van der Waals surface area contributed by atoms with Crippen LogP contribution in [-0.4, -0.2) is 11.6 Å². The summed E-state index contributed by atoms with van der Waals surface area (Å²) in [4.78, 5) is 0. The van der Waals surface area contributed by atoms with E-state index in [1.54, 1.807) is 0 Å². The molecular weight excluding hydrogens is 134 g/mol. The lowest BCUT2D eigenvalue weighted by Gasteiger charge is -2.26. The Bertz CT molecular complexity index is 129. The molecule has 66 valence electrons. The van der Waals surface area contributed by atoms with Crippen LogP contribution in [0.25, 0.3) is 0 Å². The average molecular weight is 155 g/mol. The van der Waals surface area contributed by atoms with Gasteiger partial charge in [0.2, 0.25) is 0 Å². The predicted octanol–water partition coefficient (Wildman–Crippen LogP) is 2.56. The van der Waals surface area contributed by atoms with E-state index < -0.39 is 0 Å². The number of hydrogen-bond donors (Lipinski definition) is 1. The maximum Gasteiger partial charge on any atom is 0.0127 e. The molecule has 11 heavy (non-hydrogen) atoms. The van der Waals surface area contributed by atoms with Crippen LogP contribution in [0.15, 0.2) is 0 Å². The van der Waals surface area contributed by atoms with E-state index in [0.717, 1.165) is 5.92 Å². The van der Waals surface area contributed by atoms with Gasteiger partial charge in [-0.3, -0.25) is 0 Å². The van der Waals surface area contributed by atoms with Gasteiger partial charge < -0.3 is 5.32 Å². The van der Waals surface area contributed by atoms with Gasteiger partial charge in [-0.1, -0.05) is 6.92 Å². The summed E-state index contributed by atoms with van der Waals surface area (Å²) in [5, 5.41) is 3.65. The fourth-order valence-corrected chi connectivity index (χ4v) is 2.13. The summed E-state index contributed by atoms with van der Waals surface area (Å²) in [6.07, 6.45) is 4.03. The molecule has 0 amide bonds. The zero-order chi connectivity index (χ0) is 8.48. The van der Waals surface area contributed by atoms with Crippen molar-refractivity contribution in [3.63, 3.8) is 0 Å². The second-order valence-electron chi connectivity index (χ2n) is 4.81. The van der Waals surface area contributed by atoms with E-state index >= 15 is 0 Å². The molecule has 0 aromatic carbocycles. The van der Waals surface area contributed by atoms with E-state index in [2.05, 4.69) is 33.0 Å². The molecule has 1 saturated heterocycles. The Morgan fingerprint density at radius 1 is 1.27 bits per heavy atom. The standard InChI is InChI=1S/C10H21N/c1-8-5-6-10(3,4)11-9(2)7-8/h8-9,11H,5-7H2,1-4H3. The normalized spacial score (nSPS) is 38.2. The van der Waals surface area contributed by atoms with Crippen molar-refractivity contribution in [3.05, 3.63) is 0 Å². The Morgan fingerprint density at radius 3 is 2.55 bits per heavy atom. The van der Waals surface area contributed by atoms with Crippen LogP contribution in [0.1, 0.15) is 47.0 Å². The SMILES string of the molecule is CC1CCC(C)(C)NC(C)C1. The third-order valence-electron chi connectivity index (χ3n) is 2.66. The van der Waals surface area contributed by atoms with Crippen molar-refractivity contribution in [2.24, 2.45) is 5.92 Å². The largest absolute Gasteiger partial charge is 0.309 e. The zero-order valence-electron chi connectivity index (χ0n) is 8.28. The molecule has 0 aromatic rings. The molecule has 1 rings (SSSR count). The Balaban J connectivity index is 2.53. The second kappa shape index (κ2) is 3.14. The van der Waals surface area contributed by atoms with Crippen molar-refractivity contribution in [2.45, 2.75) is 58.5 Å². The van der Waals surface area contributed by atoms with Gasteiger partial charge in [0.25, 0.3) is 0 Å². The van der Waals surface area contributed by atoms with E-state index in [-0.39, 0.29) is 0 Å². The molecule has 1 nitrogen and oxygen atoms in total. The highest BCUT2D eigenvalue weighted by atomic mass is 15.0. The van der Waals surface area contributed by atoms with Crippen LogP contribution in [0.5, 0.6) is 0 Å². The first kappa shape index (κ1) is 9.05. The second-order valence-corrected chi connectivity index (χ2v) is 4.81. The molecule has 0 bridgehead atoms. The molecule has 0 saturated carbocycles. The number of rotatable bonds is 0. The molecule has 1 N–H and O–H groups in total. The minimum atomic E-state index is 0.365. The number of hydrogen-bond acceptors (Lipinski definition) is 1. The van der Waals surface area contributed by atoms with Gasteiger partial charge in [0.1, 0.15) is 0 Å². The summed E-state index contributed by atoms with van der Waals surface area (Å²) < 4.78 is 0. The highest BCUT2D eigenvalue weighted by molar-refractivity contribution is 4.85. The summed E-state index contributed by atoms with van der Waals surface area (Å²) in [6.45, 7) is 9.27. The van der Waals surface area contributed by atoms with Crippen molar-refractivity contribution in [2.75, 3.05) is 0 Å². The zero-order valence-corrected chi connectivity index (χ0v) is 8.28. The third kappa shape index (κ3) is 2.82. The van der Waals surface area contributed by atoms with Gasteiger partial charge in [0.15, 0.2) is 0 Å². The van der Waals surface area contributed by atoms with Crippen LogP contribution < -0.4 is 5.32 Å². The lowest BCUT2D eigenvalue weighted by atomic mass is 9.95. The summed E-state index contributed by atoms with van der Waals surface area (Å²) in [6, 6.07) is 0.697. The molecule has 0 spiro atoms. The Kier molecular flexibility index (Phi) is 2.58. The van der Waals surface area contributed by atoms with Crippen LogP contribution in [0.3, 0.4) is 0 Å². The van der Waals surface area contributed by atoms with Crippen molar-refractivity contribution < 1.29 is 0 Å². The topological polar surface area (TPSA) is 12.0 Å². The first-order valence-corrected chi connectivity index (χ1v) is 4.77. The van der Waals surface area contributed by atoms with E-state index in [1.165, 1.54) is 19.3 Å². The minimum absolute atomic E-state index is 0.365. The van der Waals surface area contributed by atoms with Crippen molar-refractivity contribution in [3.8, 4) is 0 Å². The summed E-state index contributed by atoms with van der Waals surface area (Å²) in [7, 11) is 0. The lowest BCUT2D eigenvalue weighted by Crippen LogP contribution is -2.42. The lowest BCUT2D eigenvalue weighted by molar-refractivity contribution is 0.345. The van der Waals surface area contributed by atoms with Crippen molar-refractivity contribution in [1.29, 1.82) is 0 Å². The molecule has 1 aliphatic heterocycles. The monoisotopic (exact) mass is 155 g/mol. The Morgan fingerprint density at radius 2 is 1.91 bits per heavy atom. The van der Waals surface area contributed by atoms with E-state index in [0.29, 0.717) is 11.6 Å². The molecule has 0 radical (unpaired) electrons. The first-order valence-electron chi connectivity index (χ1n) is 4.77. The van der Waals surface area contributed by atoms with Crippen LogP contribution in [0.4, 0.5) is 0 Å². The van der Waals surface area contributed by atoms with Crippen LogP contribution in [0.2, 0.25) is 0 Å². The smallest absolute Gasteiger partial charge is 0.0127 e. The summed E-state index contributed by atoms with van der Waals surface area (Å²) in [5.74, 6) is 0.902. The molecule has 2 atom stereocenters. The van der Waals surface area contributed by atoms with Gasteiger partial charge in [-0.2, -0.15) is 0 Å². The van der Waals surface area contributed by atoms with E-state index in [4.69, 9.17) is 0 Å². The highest BCUT2D eigenvalue weighted by Gasteiger charge is 2.25. The highest BCUT2D eigenvalue weighted by Crippen LogP contribution is 2.24. The average Bonchev–Trinajstić information content (AvgIpc) is 1.90. The van der Waals surface area contributed by atoms with Crippen LogP contribution in [-0.2, 0) is 0 Å². The molecule has 1 fully saturated rings. The molecular formula is C10H21N. The van der Waals surface area contributed by atoms with E-state index in [1.807, 2.05) is 0 Å². The van der Waals surface area contributed by atoms with E-state index in [9.17, 15) is 0 Å². The van der Waals surface area contributed by atoms with Crippen LogP contribution in [0, 0.1) is 5.92 Å². The Labute approximate surface area is 70.6 Å². The quantitative estimate of drug-likeness (QED) is 0.567. The fourth-order valence-electron chi connectivity index (χ4n) is 2.13. The predicted molar refractivity (Wildman–Crippen MR) is 49.7 cm³/mol. The molecule has 2 unspecified atom stereocenters. The number of nitrogens with one attached hydrogen (secondary N) is 1. The van der Waals surface area contributed by atoms with Crippen molar-refractivity contribution in [1.82, 2.24) is 5.32 Å². The maximum absolute atomic E-state index is 3.65. The summed E-state index contributed by atoms with van der Waals surface area (Å²) in [5.41, 5.74) is 0.365. The first-order chi connectivity index (χ1) is 4.99.